The molecule has 0 spiro atoms. The second kappa shape index (κ2) is 6.68. The van der Waals surface area contributed by atoms with Gasteiger partial charge >= 0.3 is 5.97 Å². The number of hydrogen-bond donors (Lipinski definition) is 1. The van der Waals surface area contributed by atoms with Crippen molar-refractivity contribution in [1.82, 2.24) is 9.97 Å². The van der Waals surface area contributed by atoms with Crippen LogP contribution in [-0.2, 0) is 11.3 Å². The Labute approximate surface area is 142 Å². The smallest absolute Gasteiger partial charge is 0.358 e. The third-order valence-electron chi connectivity index (χ3n) is 3.68. The van der Waals surface area contributed by atoms with Crippen molar-refractivity contribution < 1.29 is 18.3 Å². The molecule has 1 heterocycles. The SMILES string of the molecule is COC(=O)c1nc(C2CC2)nc(NCc2c(F)cccc2F)c1Cl. The van der Waals surface area contributed by atoms with Crippen LogP contribution in [0.15, 0.2) is 18.2 Å². The van der Waals surface area contributed by atoms with Crippen molar-refractivity contribution in [2.45, 2.75) is 25.3 Å². The number of ether oxygens (including phenoxy) is 1. The molecule has 0 amide bonds. The van der Waals surface area contributed by atoms with E-state index < -0.39 is 17.6 Å². The molecule has 0 radical (unpaired) electrons. The molecule has 126 valence electrons. The van der Waals surface area contributed by atoms with Crippen LogP contribution < -0.4 is 5.32 Å². The molecule has 5 nitrogen and oxygen atoms in total. The Morgan fingerprint density at radius 2 is 2.00 bits per heavy atom. The number of anilines is 1. The molecule has 1 aliphatic carbocycles. The maximum absolute atomic E-state index is 13.7. The number of benzene rings is 1. The third-order valence-corrected chi connectivity index (χ3v) is 4.04. The highest BCUT2D eigenvalue weighted by Gasteiger charge is 2.30. The number of carbonyl (C=O) groups excluding carboxylic acids is 1. The Hall–Kier alpha value is -2.28. The summed E-state index contributed by atoms with van der Waals surface area (Å²) in [5, 5.41) is 2.74. The molecular weight excluding hydrogens is 340 g/mol. The van der Waals surface area contributed by atoms with Crippen LogP contribution in [0.25, 0.3) is 0 Å². The summed E-state index contributed by atoms with van der Waals surface area (Å²) in [4.78, 5) is 20.2. The summed E-state index contributed by atoms with van der Waals surface area (Å²) in [6.45, 7) is -0.167. The minimum atomic E-state index is -0.690. The molecule has 1 aromatic heterocycles. The zero-order chi connectivity index (χ0) is 17.3. The van der Waals surface area contributed by atoms with Crippen molar-refractivity contribution in [2.75, 3.05) is 12.4 Å². The lowest BCUT2D eigenvalue weighted by Gasteiger charge is -2.12. The standard InChI is InChI=1S/C16H14ClF2N3O2/c1-24-16(23)13-12(17)15(22-14(21-13)8-5-6-8)20-7-9-10(18)3-2-4-11(9)19/h2-4,8H,5-7H2,1H3,(H,20,21,22). The largest absolute Gasteiger partial charge is 0.464 e. The van der Waals surface area contributed by atoms with Crippen LogP contribution in [-0.4, -0.2) is 23.0 Å². The summed E-state index contributed by atoms with van der Waals surface area (Å²) in [7, 11) is 1.22. The monoisotopic (exact) mass is 353 g/mol. The van der Waals surface area contributed by atoms with Crippen molar-refractivity contribution in [2.24, 2.45) is 0 Å². The first-order chi connectivity index (χ1) is 11.5. The molecule has 1 fully saturated rings. The summed E-state index contributed by atoms with van der Waals surface area (Å²) in [6, 6.07) is 3.61. The molecule has 1 saturated carbocycles. The van der Waals surface area contributed by atoms with Crippen LogP contribution in [0.5, 0.6) is 0 Å². The highest BCUT2D eigenvalue weighted by atomic mass is 35.5. The molecule has 0 bridgehead atoms. The molecule has 0 atom stereocenters. The summed E-state index contributed by atoms with van der Waals surface area (Å²) in [6.07, 6.45) is 1.84. The quantitative estimate of drug-likeness (QED) is 0.831. The molecule has 8 heteroatoms. The molecule has 3 rings (SSSR count). The van der Waals surface area contributed by atoms with Crippen LogP contribution in [0.3, 0.4) is 0 Å². The van der Waals surface area contributed by atoms with E-state index in [4.69, 9.17) is 11.6 Å². The summed E-state index contributed by atoms with van der Waals surface area (Å²) >= 11 is 6.15. The lowest BCUT2D eigenvalue weighted by Crippen LogP contribution is -2.13. The van der Waals surface area contributed by atoms with E-state index in [-0.39, 0.29) is 34.6 Å². The van der Waals surface area contributed by atoms with Crippen molar-refractivity contribution in [3.63, 3.8) is 0 Å². The third kappa shape index (κ3) is 3.31. The van der Waals surface area contributed by atoms with E-state index >= 15 is 0 Å². The zero-order valence-corrected chi connectivity index (χ0v) is 13.5. The average molecular weight is 354 g/mol. The van der Waals surface area contributed by atoms with E-state index in [1.165, 1.54) is 13.2 Å². The molecule has 1 N–H and O–H groups in total. The minimum Gasteiger partial charge on any atom is -0.464 e. The van der Waals surface area contributed by atoms with E-state index in [0.717, 1.165) is 25.0 Å². The van der Waals surface area contributed by atoms with Crippen molar-refractivity contribution in [1.29, 1.82) is 0 Å². The fraction of sp³-hybridized carbons (Fsp3) is 0.312. The van der Waals surface area contributed by atoms with Gasteiger partial charge in [-0.2, -0.15) is 0 Å². The van der Waals surface area contributed by atoms with Gasteiger partial charge in [-0.05, 0) is 25.0 Å². The van der Waals surface area contributed by atoms with Gasteiger partial charge in [0.2, 0.25) is 0 Å². The number of halogens is 3. The van der Waals surface area contributed by atoms with Gasteiger partial charge in [0.1, 0.15) is 28.3 Å². The fourth-order valence-electron chi connectivity index (χ4n) is 2.21. The van der Waals surface area contributed by atoms with Gasteiger partial charge in [0.05, 0.1) is 7.11 Å². The number of aromatic nitrogens is 2. The first-order valence-electron chi connectivity index (χ1n) is 7.33. The predicted molar refractivity (Wildman–Crippen MR) is 84.0 cm³/mol. The first-order valence-corrected chi connectivity index (χ1v) is 7.71. The summed E-state index contributed by atoms with van der Waals surface area (Å²) in [5.41, 5.74) is -0.202. The number of methoxy groups -OCH3 is 1. The normalized spacial score (nSPS) is 13.7. The number of nitrogens with one attached hydrogen (secondary N) is 1. The van der Waals surface area contributed by atoms with E-state index in [1.807, 2.05) is 0 Å². The lowest BCUT2D eigenvalue weighted by molar-refractivity contribution is 0.0593. The minimum absolute atomic E-state index is 0.0389. The zero-order valence-electron chi connectivity index (χ0n) is 12.8. The Morgan fingerprint density at radius 1 is 1.33 bits per heavy atom. The van der Waals surface area contributed by atoms with Gasteiger partial charge in [-0.3, -0.25) is 0 Å². The van der Waals surface area contributed by atoms with Gasteiger partial charge in [-0.15, -0.1) is 0 Å². The Balaban J connectivity index is 1.92. The highest BCUT2D eigenvalue weighted by molar-refractivity contribution is 6.35. The average Bonchev–Trinajstić information content (AvgIpc) is 3.40. The summed E-state index contributed by atoms with van der Waals surface area (Å²) in [5.74, 6) is -1.26. The topological polar surface area (TPSA) is 64.1 Å². The van der Waals surface area contributed by atoms with Gasteiger partial charge in [-0.1, -0.05) is 17.7 Å². The fourth-order valence-corrected chi connectivity index (χ4v) is 2.44. The van der Waals surface area contributed by atoms with Gasteiger partial charge in [-0.25, -0.2) is 23.5 Å². The lowest BCUT2D eigenvalue weighted by atomic mass is 10.2. The molecule has 2 aromatic rings. The van der Waals surface area contributed by atoms with Crippen LogP contribution in [0.2, 0.25) is 5.02 Å². The van der Waals surface area contributed by atoms with Crippen LogP contribution in [0.4, 0.5) is 14.6 Å². The van der Waals surface area contributed by atoms with E-state index in [0.29, 0.717) is 5.82 Å². The van der Waals surface area contributed by atoms with Crippen LogP contribution >= 0.6 is 11.6 Å². The number of rotatable bonds is 5. The predicted octanol–water partition coefficient (Wildman–Crippen LogP) is 3.68. The van der Waals surface area contributed by atoms with E-state index in [2.05, 4.69) is 20.0 Å². The van der Waals surface area contributed by atoms with Crippen LogP contribution in [0, 0.1) is 11.6 Å². The van der Waals surface area contributed by atoms with Crippen molar-refractivity contribution in [3.05, 3.63) is 51.9 Å². The second-order valence-corrected chi connectivity index (χ2v) is 5.79. The Morgan fingerprint density at radius 3 is 2.58 bits per heavy atom. The molecular formula is C16H14ClF2N3O2. The molecule has 0 aliphatic heterocycles. The number of esters is 1. The Bertz CT molecular complexity index is 777. The van der Waals surface area contributed by atoms with Gasteiger partial charge in [0.25, 0.3) is 0 Å². The van der Waals surface area contributed by atoms with Crippen molar-refractivity contribution >= 4 is 23.4 Å². The van der Waals surface area contributed by atoms with E-state index in [9.17, 15) is 13.6 Å². The first kappa shape index (κ1) is 16.6. The van der Waals surface area contributed by atoms with Crippen molar-refractivity contribution in [3.8, 4) is 0 Å². The molecule has 1 aromatic carbocycles. The molecule has 1 aliphatic rings. The molecule has 0 saturated heterocycles. The van der Waals surface area contributed by atoms with Gasteiger partial charge in [0, 0.05) is 18.0 Å². The van der Waals surface area contributed by atoms with Gasteiger partial charge < -0.3 is 10.1 Å². The van der Waals surface area contributed by atoms with E-state index in [1.54, 1.807) is 0 Å². The maximum Gasteiger partial charge on any atom is 0.358 e. The maximum atomic E-state index is 13.7. The van der Waals surface area contributed by atoms with Gasteiger partial charge in [0.15, 0.2) is 5.69 Å². The summed E-state index contributed by atoms with van der Waals surface area (Å²) < 4.78 is 32.1. The number of hydrogen-bond acceptors (Lipinski definition) is 5. The molecule has 0 unspecified atom stereocenters. The van der Waals surface area contributed by atoms with Crippen LogP contribution in [0.1, 0.15) is 40.6 Å². The number of carbonyl (C=O) groups is 1. The molecule has 24 heavy (non-hydrogen) atoms. The Kier molecular flexibility index (Phi) is 4.62. The highest BCUT2D eigenvalue weighted by Crippen LogP contribution is 2.39. The number of nitrogens with zero attached hydrogens (tertiary/aromatic N) is 2. The second-order valence-electron chi connectivity index (χ2n) is 5.41.